The number of amides is 1. The summed E-state index contributed by atoms with van der Waals surface area (Å²) < 4.78 is 19.0. The predicted octanol–water partition coefficient (Wildman–Crippen LogP) is 4.49. The number of nitrogens with one attached hydrogen (secondary N) is 1. The van der Waals surface area contributed by atoms with Gasteiger partial charge in [0, 0.05) is 10.4 Å². The molecule has 0 unspecified atom stereocenters. The molecular weight excluding hydrogens is 379 g/mol. The number of hydrogen-bond donors (Lipinski definition) is 1. The maximum Gasteiger partial charge on any atom is 0.341 e. The maximum absolute atomic E-state index is 13.8. The Hall–Kier alpha value is -2.98. The van der Waals surface area contributed by atoms with E-state index in [2.05, 4.69) is 5.32 Å². The van der Waals surface area contributed by atoms with Crippen LogP contribution in [-0.4, -0.2) is 18.5 Å². The Bertz CT molecular complexity index is 988. The molecule has 144 valence electrons. The van der Waals surface area contributed by atoms with Crippen LogP contribution in [0.4, 0.5) is 9.39 Å². The van der Waals surface area contributed by atoms with Crippen molar-refractivity contribution in [2.75, 3.05) is 11.9 Å². The molecule has 0 fully saturated rings. The zero-order valence-corrected chi connectivity index (χ0v) is 16.2. The van der Waals surface area contributed by atoms with Crippen LogP contribution in [0.5, 0.6) is 0 Å². The summed E-state index contributed by atoms with van der Waals surface area (Å²) in [5.41, 5.74) is 1.19. The molecule has 0 atom stereocenters. The first-order valence-electron chi connectivity index (χ1n) is 9.04. The van der Waals surface area contributed by atoms with Gasteiger partial charge in [-0.15, -0.1) is 11.3 Å². The van der Waals surface area contributed by atoms with Crippen LogP contribution in [0.2, 0.25) is 0 Å². The number of carbonyl (C=O) groups excluding carboxylic acids is 2. The molecule has 0 saturated carbocycles. The molecule has 1 aliphatic carbocycles. The van der Waals surface area contributed by atoms with E-state index in [1.165, 1.54) is 35.6 Å². The summed E-state index contributed by atoms with van der Waals surface area (Å²) in [4.78, 5) is 26.2. The molecule has 7 heteroatoms. The van der Waals surface area contributed by atoms with Crippen LogP contribution in [0, 0.1) is 17.1 Å². The predicted molar refractivity (Wildman–Crippen MR) is 106 cm³/mol. The Morgan fingerprint density at radius 1 is 1.32 bits per heavy atom. The summed E-state index contributed by atoms with van der Waals surface area (Å²) in [6.45, 7) is 1.95. The molecule has 28 heavy (non-hydrogen) atoms. The number of halogens is 1. The summed E-state index contributed by atoms with van der Waals surface area (Å²) in [6.07, 6.45) is 4.80. The average molecular weight is 398 g/mol. The number of anilines is 1. The van der Waals surface area contributed by atoms with Crippen LogP contribution < -0.4 is 5.32 Å². The molecule has 3 rings (SSSR count). The lowest BCUT2D eigenvalue weighted by Crippen LogP contribution is -2.16. The number of benzene rings is 1. The van der Waals surface area contributed by atoms with E-state index >= 15 is 0 Å². The third-order valence-electron chi connectivity index (χ3n) is 4.45. The maximum atomic E-state index is 13.8. The first-order valence-corrected chi connectivity index (χ1v) is 9.86. The number of esters is 1. The lowest BCUT2D eigenvalue weighted by molar-refractivity contribution is -0.112. The molecule has 1 heterocycles. The second-order valence-electron chi connectivity index (χ2n) is 6.28. The van der Waals surface area contributed by atoms with Gasteiger partial charge in [-0.1, -0.05) is 18.2 Å². The van der Waals surface area contributed by atoms with Gasteiger partial charge in [-0.3, -0.25) is 4.79 Å². The number of carbonyl (C=O) groups is 2. The van der Waals surface area contributed by atoms with Crippen LogP contribution >= 0.6 is 11.3 Å². The quantitative estimate of drug-likeness (QED) is 0.457. The van der Waals surface area contributed by atoms with E-state index in [1.807, 2.05) is 0 Å². The van der Waals surface area contributed by atoms with Gasteiger partial charge in [-0.25, -0.2) is 9.18 Å². The first kappa shape index (κ1) is 19.8. The normalized spacial score (nSPS) is 13.4. The number of nitriles is 1. The van der Waals surface area contributed by atoms with E-state index in [-0.39, 0.29) is 17.7 Å². The van der Waals surface area contributed by atoms with Crippen molar-refractivity contribution in [3.05, 3.63) is 57.2 Å². The number of fused-ring (bicyclic) bond motifs is 1. The topological polar surface area (TPSA) is 79.2 Å². The summed E-state index contributed by atoms with van der Waals surface area (Å²) in [5, 5.41) is 12.4. The summed E-state index contributed by atoms with van der Waals surface area (Å²) in [7, 11) is 0. The third-order valence-corrected chi connectivity index (χ3v) is 5.66. The number of thiophene rings is 1. The van der Waals surface area contributed by atoms with Crippen molar-refractivity contribution in [1.29, 1.82) is 5.26 Å². The smallest absolute Gasteiger partial charge is 0.341 e. The fourth-order valence-corrected chi connectivity index (χ4v) is 4.41. The molecule has 2 aromatic rings. The first-order chi connectivity index (χ1) is 13.5. The van der Waals surface area contributed by atoms with Gasteiger partial charge >= 0.3 is 5.97 Å². The van der Waals surface area contributed by atoms with Gasteiger partial charge in [-0.2, -0.15) is 5.26 Å². The van der Waals surface area contributed by atoms with Gasteiger partial charge in [-0.05, 0) is 50.3 Å². The fourth-order valence-electron chi connectivity index (χ4n) is 3.14. The molecule has 0 saturated heterocycles. The number of nitrogens with zero attached hydrogens (tertiary/aromatic N) is 1. The molecule has 0 spiro atoms. The minimum Gasteiger partial charge on any atom is -0.462 e. The Balaban J connectivity index is 1.93. The van der Waals surface area contributed by atoms with Crippen LogP contribution in [0.25, 0.3) is 6.08 Å². The zero-order chi connectivity index (χ0) is 20.1. The van der Waals surface area contributed by atoms with E-state index in [9.17, 15) is 19.2 Å². The number of hydrogen-bond acceptors (Lipinski definition) is 5. The SMILES string of the molecule is CCOC(=O)c1c(NC(=O)/C(C#N)=C/c2ccccc2F)sc2c1CCCC2. The van der Waals surface area contributed by atoms with Crippen LogP contribution in [0.15, 0.2) is 29.8 Å². The number of ether oxygens (including phenoxy) is 1. The number of aryl methyl sites for hydroxylation is 1. The highest BCUT2D eigenvalue weighted by Crippen LogP contribution is 2.38. The van der Waals surface area contributed by atoms with Gasteiger partial charge in [0.05, 0.1) is 12.2 Å². The number of rotatable bonds is 5. The van der Waals surface area contributed by atoms with Crippen molar-refractivity contribution in [1.82, 2.24) is 0 Å². The van der Waals surface area contributed by atoms with E-state index in [0.717, 1.165) is 36.1 Å². The Morgan fingerprint density at radius 2 is 2.07 bits per heavy atom. The lowest BCUT2D eigenvalue weighted by Gasteiger charge is -2.12. The Morgan fingerprint density at radius 3 is 2.79 bits per heavy atom. The van der Waals surface area contributed by atoms with Gasteiger partial charge in [0.2, 0.25) is 0 Å². The van der Waals surface area contributed by atoms with E-state index in [4.69, 9.17) is 4.74 Å². The minimum absolute atomic E-state index is 0.144. The van der Waals surface area contributed by atoms with Crippen molar-refractivity contribution >= 4 is 34.3 Å². The molecule has 1 aliphatic rings. The molecule has 1 aromatic carbocycles. The molecule has 1 N–H and O–H groups in total. The van der Waals surface area contributed by atoms with Crippen molar-refractivity contribution in [2.24, 2.45) is 0 Å². The highest BCUT2D eigenvalue weighted by Gasteiger charge is 2.27. The fraction of sp³-hybridized carbons (Fsp3) is 0.286. The van der Waals surface area contributed by atoms with Gasteiger partial charge in [0.1, 0.15) is 22.5 Å². The van der Waals surface area contributed by atoms with E-state index < -0.39 is 17.7 Å². The van der Waals surface area contributed by atoms with Crippen molar-refractivity contribution in [2.45, 2.75) is 32.6 Å². The van der Waals surface area contributed by atoms with Crippen LogP contribution in [-0.2, 0) is 22.4 Å². The van der Waals surface area contributed by atoms with Crippen molar-refractivity contribution in [3.8, 4) is 6.07 Å². The summed E-state index contributed by atoms with van der Waals surface area (Å²) >= 11 is 1.34. The molecule has 0 bridgehead atoms. The van der Waals surface area contributed by atoms with Crippen LogP contribution in [0.1, 0.15) is 46.1 Å². The molecule has 1 aromatic heterocycles. The standard InChI is InChI=1S/C21H19FN2O3S/c1-2-27-21(26)18-15-8-4-6-10-17(15)28-20(18)24-19(25)14(12-23)11-13-7-3-5-9-16(13)22/h3,5,7,9,11H,2,4,6,8,10H2,1H3,(H,24,25)/b14-11+. The van der Waals surface area contributed by atoms with E-state index in [0.29, 0.717) is 10.6 Å². The van der Waals surface area contributed by atoms with Gasteiger partial charge in [0.25, 0.3) is 5.91 Å². The molecule has 5 nitrogen and oxygen atoms in total. The largest absolute Gasteiger partial charge is 0.462 e. The minimum atomic E-state index is -0.685. The highest BCUT2D eigenvalue weighted by molar-refractivity contribution is 7.17. The second-order valence-corrected chi connectivity index (χ2v) is 7.39. The van der Waals surface area contributed by atoms with Gasteiger partial charge in [0.15, 0.2) is 0 Å². The highest BCUT2D eigenvalue weighted by atomic mass is 32.1. The van der Waals surface area contributed by atoms with Gasteiger partial charge < -0.3 is 10.1 Å². The van der Waals surface area contributed by atoms with Crippen LogP contribution in [0.3, 0.4) is 0 Å². The molecule has 0 aliphatic heterocycles. The Labute approximate surface area is 166 Å². The second kappa shape index (κ2) is 8.81. The Kier molecular flexibility index (Phi) is 6.22. The average Bonchev–Trinajstić information content (AvgIpc) is 3.05. The molecule has 0 radical (unpaired) electrons. The third kappa shape index (κ3) is 4.12. The molecule has 1 amide bonds. The summed E-state index contributed by atoms with van der Waals surface area (Å²) in [5.74, 6) is -1.69. The lowest BCUT2D eigenvalue weighted by atomic mass is 9.95. The van der Waals surface area contributed by atoms with Crippen molar-refractivity contribution in [3.63, 3.8) is 0 Å². The molecular formula is C21H19FN2O3S. The monoisotopic (exact) mass is 398 g/mol. The zero-order valence-electron chi connectivity index (χ0n) is 15.4. The summed E-state index contributed by atoms with van der Waals surface area (Å²) in [6, 6.07) is 7.69. The van der Waals surface area contributed by atoms with E-state index in [1.54, 1.807) is 19.1 Å². The van der Waals surface area contributed by atoms with Crippen molar-refractivity contribution < 1.29 is 18.7 Å².